The van der Waals surface area contributed by atoms with Crippen LogP contribution >= 0.6 is 0 Å². The van der Waals surface area contributed by atoms with E-state index in [1.165, 1.54) is 44.9 Å². The molecule has 0 bridgehead atoms. The van der Waals surface area contributed by atoms with E-state index in [0.29, 0.717) is 10.8 Å². The molecular weight excluding hydrogens is 344 g/mol. The lowest BCUT2D eigenvalue weighted by Gasteiger charge is -2.58. The van der Waals surface area contributed by atoms with Crippen LogP contribution in [0.4, 0.5) is 0 Å². The average Bonchev–Trinajstić information content (AvgIpc) is 2.99. The molecule has 4 aliphatic carbocycles. The minimum atomic E-state index is -0.707. The van der Waals surface area contributed by atoms with Gasteiger partial charge in [0.25, 0.3) is 0 Å². The lowest BCUT2D eigenvalue weighted by Crippen LogP contribution is -2.50. The zero-order valence-electron chi connectivity index (χ0n) is 18.4. The summed E-state index contributed by atoms with van der Waals surface area (Å²) in [5.41, 5.74) is 1.72. The molecule has 0 aromatic rings. The second-order valence-corrected chi connectivity index (χ2v) is 11.4. The molecule has 158 valence electrons. The predicted molar refractivity (Wildman–Crippen MR) is 116 cm³/mol. The van der Waals surface area contributed by atoms with Gasteiger partial charge in [0.1, 0.15) is 0 Å². The molecule has 7 unspecified atom stereocenters. The molecule has 0 saturated heterocycles. The molecule has 0 amide bonds. The van der Waals surface area contributed by atoms with Crippen LogP contribution in [-0.4, -0.2) is 21.9 Å². The van der Waals surface area contributed by atoms with Gasteiger partial charge in [-0.3, -0.25) is 0 Å². The molecule has 28 heavy (non-hydrogen) atoms. The van der Waals surface area contributed by atoms with Gasteiger partial charge in [0.2, 0.25) is 0 Å². The van der Waals surface area contributed by atoms with Crippen LogP contribution < -0.4 is 0 Å². The predicted octanol–water partition coefficient (Wildman–Crippen LogP) is 6.03. The van der Waals surface area contributed by atoms with Gasteiger partial charge in [0.05, 0.1) is 11.7 Å². The van der Waals surface area contributed by atoms with E-state index in [4.69, 9.17) is 0 Å². The van der Waals surface area contributed by atoms with Gasteiger partial charge in [-0.25, -0.2) is 0 Å². The Labute approximate surface area is 172 Å². The van der Waals surface area contributed by atoms with Gasteiger partial charge in [-0.15, -0.1) is 6.58 Å². The maximum Gasteiger partial charge on any atom is 0.0797 e. The van der Waals surface area contributed by atoms with Gasteiger partial charge in [0, 0.05) is 0 Å². The normalized spacial score (nSPS) is 47.3. The Morgan fingerprint density at radius 2 is 1.96 bits per heavy atom. The highest BCUT2D eigenvalue weighted by molar-refractivity contribution is 5.25. The minimum Gasteiger partial charge on any atom is -0.393 e. The third kappa shape index (κ3) is 3.33. The summed E-state index contributed by atoms with van der Waals surface area (Å²) in [6.45, 7) is 10.8. The quantitative estimate of drug-likeness (QED) is 0.566. The highest BCUT2D eigenvalue weighted by Gasteiger charge is 2.58. The van der Waals surface area contributed by atoms with Crippen molar-refractivity contribution in [1.29, 1.82) is 0 Å². The molecule has 0 aromatic carbocycles. The van der Waals surface area contributed by atoms with E-state index >= 15 is 0 Å². The first-order valence-electron chi connectivity index (χ1n) is 11.9. The summed E-state index contributed by atoms with van der Waals surface area (Å²) in [6, 6.07) is 0. The molecule has 2 heteroatoms. The number of hydrogen-bond donors (Lipinski definition) is 2. The van der Waals surface area contributed by atoms with Gasteiger partial charge in [-0.2, -0.15) is 0 Å². The maximum absolute atomic E-state index is 10.3. The third-order valence-electron chi connectivity index (χ3n) is 9.95. The molecule has 0 heterocycles. The Kier molecular flexibility index (Phi) is 5.37. The Bertz CT molecular complexity index is 634. The van der Waals surface area contributed by atoms with Crippen molar-refractivity contribution >= 4 is 0 Å². The Morgan fingerprint density at radius 1 is 1.18 bits per heavy atom. The molecule has 0 aliphatic heterocycles. The fourth-order valence-electron chi connectivity index (χ4n) is 8.03. The van der Waals surface area contributed by atoms with Gasteiger partial charge in [-0.1, -0.05) is 31.6 Å². The fourth-order valence-corrected chi connectivity index (χ4v) is 8.03. The number of fused-ring (bicyclic) bond motifs is 5. The minimum absolute atomic E-state index is 0.103. The lowest BCUT2D eigenvalue weighted by atomic mass is 9.47. The zero-order chi connectivity index (χ0) is 20.2. The second-order valence-electron chi connectivity index (χ2n) is 11.4. The van der Waals surface area contributed by atoms with Crippen molar-refractivity contribution in [3.63, 3.8) is 0 Å². The average molecular weight is 387 g/mol. The van der Waals surface area contributed by atoms with E-state index in [0.717, 1.165) is 49.4 Å². The summed E-state index contributed by atoms with van der Waals surface area (Å²) in [5, 5.41) is 20.4. The topological polar surface area (TPSA) is 40.5 Å². The highest BCUT2D eigenvalue weighted by atomic mass is 16.3. The van der Waals surface area contributed by atoms with Gasteiger partial charge in [-0.05, 0) is 112 Å². The Morgan fingerprint density at radius 3 is 2.71 bits per heavy atom. The molecule has 2 N–H and O–H groups in total. The molecular formula is C26H42O2. The summed E-state index contributed by atoms with van der Waals surface area (Å²) in [7, 11) is 0. The lowest BCUT2D eigenvalue weighted by molar-refractivity contribution is -0.0513. The van der Waals surface area contributed by atoms with Gasteiger partial charge >= 0.3 is 0 Å². The standard InChI is InChI=1S/C26H42O2/c1-5-24(2,28)14-6-7-18-9-11-22-21-10-8-19-17-20(27)12-15-26(19,4)23(21)13-16-25(18,22)3/h5,8,18,20-23,27-28H,1,6-7,9-17H2,2-4H3/t18?,20?,21?,22?,23?,24-,25?,26?/m0/s1. The number of allylic oxidation sites excluding steroid dienone is 1. The zero-order valence-corrected chi connectivity index (χ0v) is 18.4. The third-order valence-corrected chi connectivity index (χ3v) is 9.95. The van der Waals surface area contributed by atoms with E-state index in [1.807, 2.05) is 6.92 Å². The van der Waals surface area contributed by atoms with Crippen molar-refractivity contribution in [1.82, 2.24) is 0 Å². The summed E-state index contributed by atoms with van der Waals surface area (Å²) < 4.78 is 0. The van der Waals surface area contributed by atoms with Crippen LogP contribution in [0.15, 0.2) is 24.3 Å². The molecule has 3 saturated carbocycles. The van der Waals surface area contributed by atoms with Crippen LogP contribution in [0.1, 0.15) is 91.4 Å². The molecule has 2 nitrogen and oxygen atoms in total. The molecule has 0 aromatic heterocycles. The number of aliphatic hydroxyl groups is 2. The second kappa shape index (κ2) is 7.27. The van der Waals surface area contributed by atoms with Crippen LogP contribution in [0.3, 0.4) is 0 Å². The van der Waals surface area contributed by atoms with Crippen molar-refractivity contribution in [2.24, 2.45) is 34.5 Å². The summed E-state index contributed by atoms with van der Waals surface area (Å²) >= 11 is 0. The first-order chi connectivity index (χ1) is 13.2. The fraction of sp³-hybridized carbons (Fsp3) is 0.846. The van der Waals surface area contributed by atoms with E-state index in [-0.39, 0.29) is 6.10 Å². The molecule has 4 rings (SSSR count). The number of rotatable bonds is 5. The summed E-state index contributed by atoms with van der Waals surface area (Å²) in [5.74, 6) is 3.38. The first-order valence-corrected chi connectivity index (χ1v) is 11.9. The summed E-state index contributed by atoms with van der Waals surface area (Å²) in [4.78, 5) is 0. The summed E-state index contributed by atoms with van der Waals surface area (Å²) in [6.07, 6.45) is 17.3. The number of aliphatic hydroxyl groups excluding tert-OH is 1. The van der Waals surface area contributed by atoms with Crippen LogP contribution in [0.5, 0.6) is 0 Å². The molecule has 0 spiro atoms. The first kappa shape index (κ1) is 20.7. The van der Waals surface area contributed by atoms with E-state index in [9.17, 15) is 10.2 Å². The van der Waals surface area contributed by atoms with Crippen LogP contribution in [0.25, 0.3) is 0 Å². The van der Waals surface area contributed by atoms with Crippen LogP contribution in [0.2, 0.25) is 0 Å². The van der Waals surface area contributed by atoms with Crippen molar-refractivity contribution in [2.75, 3.05) is 0 Å². The van der Waals surface area contributed by atoms with Gasteiger partial charge < -0.3 is 10.2 Å². The van der Waals surface area contributed by atoms with Crippen molar-refractivity contribution in [3.8, 4) is 0 Å². The Hall–Kier alpha value is -0.600. The van der Waals surface area contributed by atoms with Crippen LogP contribution in [-0.2, 0) is 0 Å². The SMILES string of the molecule is C=C[C@](C)(O)CCCC1CCC2C3CC=C4CC(O)CCC4(C)C3CCC12C. The van der Waals surface area contributed by atoms with Crippen LogP contribution in [0, 0.1) is 34.5 Å². The van der Waals surface area contributed by atoms with Crippen molar-refractivity contribution < 1.29 is 10.2 Å². The molecule has 8 atom stereocenters. The molecule has 4 aliphatic rings. The largest absolute Gasteiger partial charge is 0.393 e. The highest BCUT2D eigenvalue weighted by Crippen LogP contribution is 2.66. The Balaban J connectivity index is 1.47. The van der Waals surface area contributed by atoms with E-state index in [2.05, 4.69) is 26.5 Å². The molecule has 0 radical (unpaired) electrons. The molecule has 3 fully saturated rings. The van der Waals surface area contributed by atoms with Crippen molar-refractivity contribution in [2.45, 2.75) is 103 Å². The van der Waals surface area contributed by atoms with E-state index < -0.39 is 5.60 Å². The van der Waals surface area contributed by atoms with E-state index in [1.54, 1.807) is 11.6 Å². The number of hydrogen-bond acceptors (Lipinski definition) is 2. The van der Waals surface area contributed by atoms with Gasteiger partial charge in [0.15, 0.2) is 0 Å². The monoisotopic (exact) mass is 386 g/mol. The maximum atomic E-state index is 10.3. The van der Waals surface area contributed by atoms with Crippen molar-refractivity contribution in [3.05, 3.63) is 24.3 Å². The smallest absolute Gasteiger partial charge is 0.0797 e.